The quantitative estimate of drug-likeness (QED) is 0.702. The van der Waals surface area contributed by atoms with Crippen LogP contribution >= 0.6 is 12.6 Å². The number of pyridine rings is 1. The molecule has 0 saturated carbocycles. The van der Waals surface area contributed by atoms with E-state index in [1.807, 2.05) is 0 Å². The van der Waals surface area contributed by atoms with E-state index in [2.05, 4.69) is 17.6 Å². The van der Waals surface area contributed by atoms with Gasteiger partial charge >= 0.3 is 5.97 Å². The van der Waals surface area contributed by atoms with Gasteiger partial charge in [0.05, 0.1) is 11.1 Å². The molecule has 1 heterocycles. The van der Waals surface area contributed by atoms with E-state index in [0.29, 0.717) is 4.90 Å². The van der Waals surface area contributed by atoms with Crippen LogP contribution in [0, 0.1) is 0 Å². The molecule has 4 heteroatoms. The van der Waals surface area contributed by atoms with Crippen molar-refractivity contribution in [3.05, 3.63) is 36.0 Å². The molecule has 1 aromatic heterocycles. The van der Waals surface area contributed by atoms with Crippen molar-refractivity contribution in [2.45, 2.75) is 4.90 Å². The van der Waals surface area contributed by atoms with Crippen molar-refractivity contribution in [2.24, 2.45) is 0 Å². The van der Waals surface area contributed by atoms with Crippen molar-refractivity contribution >= 4 is 29.5 Å². The maximum absolute atomic E-state index is 10.8. The first-order valence-corrected chi connectivity index (χ1v) is 4.45. The molecule has 3 nitrogen and oxygen atoms in total. The molecule has 70 valence electrons. The van der Waals surface area contributed by atoms with Crippen LogP contribution in [0.1, 0.15) is 10.4 Å². The first kappa shape index (κ1) is 9.02. The number of aromatic nitrogens is 1. The van der Waals surface area contributed by atoms with Crippen LogP contribution in [0.3, 0.4) is 0 Å². The number of thiol groups is 1. The molecule has 2 aromatic rings. The van der Waals surface area contributed by atoms with Gasteiger partial charge in [0.15, 0.2) is 0 Å². The van der Waals surface area contributed by atoms with E-state index in [9.17, 15) is 4.79 Å². The molecule has 0 unspecified atom stereocenters. The lowest BCUT2D eigenvalue weighted by Gasteiger charge is -2.03. The van der Waals surface area contributed by atoms with Gasteiger partial charge < -0.3 is 5.11 Å². The second-order valence-corrected chi connectivity index (χ2v) is 3.28. The van der Waals surface area contributed by atoms with Crippen molar-refractivity contribution in [3.8, 4) is 0 Å². The average molecular weight is 205 g/mol. The van der Waals surface area contributed by atoms with Gasteiger partial charge in [-0.25, -0.2) is 4.79 Å². The van der Waals surface area contributed by atoms with Gasteiger partial charge in [-0.1, -0.05) is 6.07 Å². The molecule has 14 heavy (non-hydrogen) atoms. The monoisotopic (exact) mass is 205 g/mol. The number of carboxylic acid groups (broad SMARTS) is 1. The number of aromatic carboxylic acids is 1. The summed E-state index contributed by atoms with van der Waals surface area (Å²) in [5.74, 6) is -0.972. The minimum absolute atomic E-state index is 0.203. The summed E-state index contributed by atoms with van der Waals surface area (Å²) >= 11 is 4.18. The first-order valence-electron chi connectivity index (χ1n) is 4.00. The third-order valence-corrected chi connectivity index (χ3v) is 2.47. The third kappa shape index (κ3) is 1.33. The molecule has 2 rings (SSSR count). The van der Waals surface area contributed by atoms with Crippen LogP contribution in [-0.4, -0.2) is 16.1 Å². The number of carbonyl (C=O) groups is 1. The third-order valence-electron chi connectivity index (χ3n) is 1.99. The van der Waals surface area contributed by atoms with Crippen LogP contribution in [0.4, 0.5) is 0 Å². The second kappa shape index (κ2) is 3.31. The molecule has 0 aliphatic carbocycles. The van der Waals surface area contributed by atoms with Crippen LogP contribution in [0.15, 0.2) is 35.4 Å². The minimum Gasteiger partial charge on any atom is -0.478 e. The van der Waals surface area contributed by atoms with Crippen LogP contribution in [-0.2, 0) is 0 Å². The Balaban J connectivity index is 2.81. The zero-order valence-electron chi connectivity index (χ0n) is 7.14. The molecular formula is C10H7NO2S. The fourth-order valence-corrected chi connectivity index (χ4v) is 1.67. The number of hydrogen-bond donors (Lipinski definition) is 2. The fourth-order valence-electron chi connectivity index (χ4n) is 1.31. The van der Waals surface area contributed by atoms with Crippen molar-refractivity contribution < 1.29 is 9.90 Å². The Labute approximate surface area is 85.8 Å². The molecule has 1 aromatic carbocycles. The molecule has 0 bridgehead atoms. The van der Waals surface area contributed by atoms with Crippen LogP contribution in [0.5, 0.6) is 0 Å². The summed E-state index contributed by atoms with van der Waals surface area (Å²) in [5.41, 5.74) is 0.955. The zero-order valence-corrected chi connectivity index (χ0v) is 8.03. The van der Waals surface area contributed by atoms with E-state index in [-0.39, 0.29) is 5.56 Å². The van der Waals surface area contributed by atoms with E-state index < -0.39 is 5.97 Å². The highest BCUT2D eigenvalue weighted by molar-refractivity contribution is 7.80. The Morgan fingerprint density at radius 2 is 2.14 bits per heavy atom. The van der Waals surface area contributed by atoms with Gasteiger partial charge in [0.25, 0.3) is 0 Å². The molecular weight excluding hydrogens is 198 g/mol. The van der Waals surface area contributed by atoms with Crippen molar-refractivity contribution in [1.29, 1.82) is 0 Å². The normalized spacial score (nSPS) is 10.4. The topological polar surface area (TPSA) is 50.2 Å². The molecule has 0 amide bonds. The van der Waals surface area contributed by atoms with Gasteiger partial charge in [-0.3, -0.25) is 4.98 Å². The molecule has 0 atom stereocenters. The summed E-state index contributed by atoms with van der Waals surface area (Å²) < 4.78 is 0. The van der Waals surface area contributed by atoms with Gasteiger partial charge in [-0.05, 0) is 18.2 Å². The summed E-state index contributed by atoms with van der Waals surface area (Å²) in [7, 11) is 0. The highest BCUT2D eigenvalue weighted by Gasteiger charge is 2.10. The standard InChI is InChI=1S/C10H7NO2S/c12-10(13)7-3-4-8-6(9(7)14)2-1-5-11-8/h1-5,14H,(H,12,13). The fraction of sp³-hybridized carbons (Fsp3) is 0. The van der Waals surface area contributed by atoms with Crippen LogP contribution in [0.25, 0.3) is 10.9 Å². The molecule has 0 fully saturated rings. The Hall–Kier alpha value is -1.55. The van der Waals surface area contributed by atoms with E-state index >= 15 is 0 Å². The number of carboxylic acids is 1. The zero-order chi connectivity index (χ0) is 10.1. The molecule has 1 N–H and O–H groups in total. The van der Waals surface area contributed by atoms with Crippen LogP contribution in [0.2, 0.25) is 0 Å². The van der Waals surface area contributed by atoms with E-state index in [1.165, 1.54) is 6.07 Å². The average Bonchev–Trinajstić information content (AvgIpc) is 2.18. The van der Waals surface area contributed by atoms with E-state index in [4.69, 9.17) is 5.11 Å². The summed E-state index contributed by atoms with van der Waals surface area (Å²) in [6.45, 7) is 0. The molecule has 0 saturated heterocycles. The highest BCUT2D eigenvalue weighted by Crippen LogP contribution is 2.24. The lowest BCUT2D eigenvalue weighted by molar-refractivity contribution is 0.0693. The highest BCUT2D eigenvalue weighted by atomic mass is 32.1. The summed E-state index contributed by atoms with van der Waals surface area (Å²) in [5, 5.41) is 9.62. The first-order chi connectivity index (χ1) is 6.70. The lowest BCUT2D eigenvalue weighted by Crippen LogP contribution is -1.98. The van der Waals surface area contributed by atoms with E-state index in [1.54, 1.807) is 24.4 Å². The summed E-state index contributed by atoms with van der Waals surface area (Å²) in [6, 6.07) is 6.75. The number of hydrogen-bond acceptors (Lipinski definition) is 3. The van der Waals surface area contributed by atoms with E-state index in [0.717, 1.165) is 10.9 Å². The Morgan fingerprint density at radius 1 is 1.36 bits per heavy atom. The molecule has 0 spiro atoms. The Bertz CT molecular complexity index is 510. The maximum Gasteiger partial charge on any atom is 0.336 e. The smallest absolute Gasteiger partial charge is 0.336 e. The molecule has 0 aliphatic rings. The largest absolute Gasteiger partial charge is 0.478 e. The summed E-state index contributed by atoms with van der Waals surface area (Å²) in [6.07, 6.45) is 1.66. The minimum atomic E-state index is -0.972. The molecule has 0 radical (unpaired) electrons. The predicted molar refractivity (Wildman–Crippen MR) is 56.0 cm³/mol. The van der Waals surface area contributed by atoms with Gasteiger partial charge in [0, 0.05) is 16.5 Å². The Morgan fingerprint density at radius 3 is 2.86 bits per heavy atom. The van der Waals surface area contributed by atoms with Crippen molar-refractivity contribution in [2.75, 3.05) is 0 Å². The molecule has 0 aliphatic heterocycles. The van der Waals surface area contributed by atoms with Gasteiger partial charge in [0.2, 0.25) is 0 Å². The van der Waals surface area contributed by atoms with Crippen molar-refractivity contribution in [1.82, 2.24) is 4.98 Å². The van der Waals surface area contributed by atoms with Gasteiger partial charge in [-0.15, -0.1) is 12.6 Å². The number of nitrogens with zero attached hydrogens (tertiary/aromatic N) is 1. The lowest BCUT2D eigenvalue weighted by atomic mass is 10.1. The number of rotatable bonds is 1. The number of fused-ring (bicyclic) bond motifs is 1. The number of benzene rings is 1. The SMILES string of the molecule is O=C(O)c1ccc2ncccc2c1S. The van der Waals surface area contributed by atoms with Gasteiger partial charge in [0.1, 0.15) is 0 Å². The van der Waals surface area contributed by atoms with Crippen molar-refractivity contribution in [3.63, 3.8) is 0 Å². The predicted octanol–water partition coefficient (Wildman–Crippen LogP) is 2.22. The second-order valence-electron chi connectivity index (χ2n) is 2.84. The summed E-state index contributed by atoms with van der Waals surface area (Å²) in [4.78, 5) is 15.4. The van der Waals surface area contributed by atoms with Gasteiger partial charge in [-0.2, -0.15) is 0 Å². The van der Waals surface area contributed by atoms with Crippen LogP contribution < -0.4 is 0 Å². The Kier molecular flexibility index (Phi) is 2.13. The maximum atomic E-state index is 10.8.